The number of halogens is 2. The van der Waals surface area contributed by atoms with Crippen molar-refractivity contribution in [3.05, 3.63) is 23.7 Å². The highest BCUT2D eigenvalue weighted by Gasteiger charge is 2.49. The molecule has 3 aromatic rings. The molecular weight excluding hydrogens is 442 g/mol. The Morgan fingerprint density at radius 2 is 2.03 bits per heavy atom. The first-order valence-electron chi connectivity index (χ1n) is 10.2. The van der Waals surface area contributed by atoms with Gasteiger partial charge in [-0.05, 0) is 39.3 Å². The maximum Gasteiger partial charge on any atom is 0.410 e. The van der Waals surface area contributed by atoms with Crippen molar-refractivity contribution in [1.82, 2.24) is 14.9 Å². The van der Waals surface area contributed by atoms with Crippen LogP contribution in [0.5, 0.6) is 5.75 Å². The van der Waals surface area contributed by atoms with Crippen LogP contribution in [0.1, 0.15) is 27.2 Å². The van der Waals surface area contributed by atoms with Crippen molar-refractivity contribution in [1.29, 1.82) is 0 Å². The first-order valence-corrected chi connectivity index (χ1v) is 11.1. The Kier molecular flexibility index (Phi) is 4.95. The van der Waals surface area contributed by atoms with E-state index in [4.69, 9.17) is 9.15 Å². The average Bonchev–Trinajstić information content (AvgIpc) is 3.37. The van der Waals surface area contributed by atoms with E-state index in [9.17, 15) is 13.6 Å². The van der Waals surface area contributed by atoms with E-state index in [0.29, 0.717) is 35.3 Å². The van der Waals surface area contributed by atoms with Crippen molar-refractivity contribution in [3.8, 4) is 16.3 Å². The summed E-state index contributed by atoms with van der Waals surface area (Å²) in [5.41, 5.74) is 0.661. The highest BCUT2D eigenvalue weighted by atomic mass is 32.1. The van der Waals surface area contributed by atoms with Crippen molar-refractivity contribution in [2.45, 2.75) is 51.5 Å². The van der Waals surface area contributed by atoms with Crippen molar-refractivity contribution in [2.75, 3.05) is 18.0 Å². The lowest BCUT2D eigenvalue weighted by molar-refractivity contribution is -0.0489. The minimum Gasteiger partial charge on any atom is -0.444 e. The molecule has 0 saturated carbocycles. The molecule has 2 unspecified atom stereocenters. The topological polar surface area (TPSA) is 80.9 Å². The number of ether oxygens (including phenoxy) is 2. The van der Waals surface area contributed by atoms with E-state index >= 15 is 0 Å². The summed E-state index contributed by atoms with van der Waals surface area (Å²) in [5.74, 6) is -0.0529. The molecule has 2 aromatic heterocycles. The van der Waals surface area contributed by atoms with Gasteiger partial charge in [0.2, 0.25) is 0 Å². The molecule has 0 radical (unpaired) electrons. The molecule has 2 atom stereocenters. The Balaban J connectivity index is 1.43. The van der Waals surface area contributed by atoms with Crippen LogP contribution >= 0.6 is 11.3 Å². The summed E-state index contributed by atoms with van der Waals surface area (Å²) in [7, 11) is 0. The van der Waals surface area contributed by atoms with Gasteiger partial charge in [-0.1, -0.05) is 0 Å². The highest BCUT2D eigenvalue weighted by Crippen LogP contribution is 2.41. The number of hydrogen-bond acceptors (Lipinski definition) is 8. The van der Waals surface area contributed by atoms with Crippen LogP contribution in [0.4, 0.5) is 19.6 Å². The molecule has 32 heavy (non-hydrogen) atoms. The van der Waals surface area contributed by atoms with E-state index in [1.54, 1.807) is 17.2 Å². The van der Waals surface area contributed by atoms with E-state index in [2.05, 4.69) is 14.7 Å². The van der Waals surface area contributed by atoms with Crippen LogP contribution in [0.2, 0.25) is 0 Å². The zero-order valence-corrected chi connectivity index (χ0v) is 18.6. The van der Waals surface area contributed by atoms with Crippen molar-refractivity contribution < 1.29 is 27.5 Å². The minimum atomic E-state index is -2.98. The number of benzene rings is 1. The summed E-state index contributed by atoms with van der Waals surface area (Å²) in [6, 6.07) is 3.37. The maximum absolute atomic E-state index is 12.9. The van der Waals surface area contributed by atoms with Crippen LogP contribution in [0, 0.1) is 0 Å². The number of carbonyl (C=O) groups is 1. The number of piperazine rings is 1. The first kappa shape index (κ1) is 20.9. The molecule has 3 saturated heterocycles. The largest absolute Gasteiger partial charge is 0.444 e. The van der Waals surface area contributed by atoms with Gasteiger partial charge in [-0.15, -0.1) is 11.3 Å². The van der Waals surface area contributed by atoms with Crippen LogP contribution in [-0.2, 0) is 4.74 Å². The Labute approximate surface area is 186 Å². The predicted molar refractivity (Wildman–Crippen MR) is 114 cm³/mol. The van der Waals surface area contributed by atoms with Crippen LogP contribution in [0.15, 0.2) is 28.1 Å². The third-order valence-electron chi connectivity index (χ3n) is 5.44. The Morgan fingerprint density at radius 1 is 1.28 bits per heavy atom. The molecule has 11 heteroatoms. The van der Waals surface area contributed by atoms with Crippen LogP contribution in [-0.4, -0.2) is 58.3 Å². The number of oxazole rings is 1. The van der Waals surface area contributed by atoms with E-state index in [-0.39, 0.29) is 29.4 Å². The van der Waals surface area contributed by atoms with Gasteiger partial charge in [0.25, 0.3) is 6.01 Å². The molecule has 3 aliphatic rings. The van der Waals surface area contributed by atoms with E-state index in [1.807, 2.05) is 31.1 Å². The number of anilines is 1. The van der Waals surface area contributed by atoms with Crippen molar-refractivity contribution in [2.24, 2.45) is 0 Å². The summed E-state index contributed by atoms with van der Waals surface area (Å²) in [5, 5.41) is 2.52. The normalized spacial score (nSPS) is 20.6. The molecule has 6 rings (SSSR count). The molecule has 0 N–H and O–H groups in total. The number of aromatic nitrogens is 2. The lowest BCUT2D eigenvalue weighted by atomic mass is 9.88. The lowest BCUT2D eigenvalue weighted by Crippen LogP contribution is -2.70. The van der Waals surface area contributed by atoms with Crippen LogP contribution in [0.3, 0.4) is 0 Å². The highest BCUT2D eigenvalue weighted by molar-refractivity contribution is 7.13. The fourth-order valence-electron chi connectivity index (χ4n) is 4.20. The minimum absolute atomic E-state index is 0.0196. The zero-order valence-electron chi connectivity index (χ0n) is 17.7. The standard InChI is InChI=1S/C21H22F2N4O4S/c1-21(2,3)31-20(28)27-11-8-12(27)10-26(9-11)19-25-15-14(29-18(22)23)5-4-13(16(15)30-19)17-24-6-7-32-17/h4-7,11-12,18H,8-10H2,1-3H3. The molecule has 3 aliphatic heterocycles. The third-order valence-corrected chi connectivity index (χ3v) is 6.25. The van der Waals surface area contributed by atoms with Gasteiger partial charge >= 0.3 is 12.7 Å². The Morgan fingerprint density at radius 3 is 2.66 bits per heavy atom. The summed E-state index contributed by atoms with van der Waals surface area (Å²) < 4.78 is 42.1. The fraction of sp³-hybridized carbons (Fsp3) is 0.476. The zero-order chi connectivity index (χ0) is 22.6. The molecule has 0 aliphatic carbocycles. The molecule has 2 bridgehead atoms. The van der Waals surface area contributed by atoms with Gasteiger partial charge in [0.05, 0.1) is 17.6 Å². The van der Waals surface area contributed by atoms with Crippen molar-refractivity contribution in [3.63, 3.8) is 0 Å². The van der Waals surface area contributed by atoms with Crippen LogP contribution < -0.4 is 9.64 Å². The van der Waals surface area contributed by atoms with Crippen LogP contribution in [0.25, 0.3) is 21.7 Å². The number of fused-ring (bicyclic) bond motifs is 3. The summed E-state index contributed by atoms with van der Waals surface area (Å²) in [6.45, 7) is 3.56. The third kappa shape index (κ3) is 3.74. The second kappa shape index (κ2) is 7.58. The molecule has 1 amide bonds. The fourth-order valence-corrected chi connectivity index (χ4v) is 4.86. The number of carbonyl (C=O) groups excluding carboxylic acids is 1. The number of piperidine rings is 1. The maximum atomic E-state index is 12.9. The number of rotatable bonds is 4. The SMILES string of the molecule is CC(C)(C)OC(=O)N1C2CC1CN(c1nc3c(OC(F)F)ccc(-c4nccs4)c3o1)C2. The van der Waals surface area contributed by atoms with Gasteiger partial charge in [-0.2, -0.15) is 13.8 Å². The number of nitrogens with zero attached hydrogens (tertiary/aromatic N) is 4. The summed E-state index contributed by atoms with van der Waals surface area (Å²) in [6.07, 6.45) is 2.21. The molecule has 170 valence electrons. The second-order valence-electron chi connectivity index (χ2n) is 8.84. The number of alkyl halides is 2. The Bertz CT molecular complexity index is 1130. The molecular formula is C21H22F2N4O4S. The van der Waals surface area contributed by atoms with E-state index in [1.165, 1.54) is 17.4 Å². The average molecular weight is 464 g/mol. The van der Waals surface area contributed by atoms with Crippen molar-refractivity contribution >= 4 is 34.5 Å². The molecule has 3 fully saturated rings. The number of thiazole rings is 1. The monoisotopic (exact) mass is 464 g/mol. The van der Waals surface area contributed by atoms with E-state index in [0.717, 1.165) is 6.42 Å². The summed E-state index contributed by atoms with van der Waals surface area (Å²) in [4.78, 5) is 25.0. The van der Waals surface area contributed by atoms with Gasteiger partial charge in [0.15, 0.2) is 16.8 Å². The quantitative estimate of drug-likeness (QED) is 0.551. The molecule has 5 heterocycles. The van der Waals surface area contributed by atoms with Gasteiger partial charge < -0.3 is 18.8 Å². The molecule has 8 nitrogen and oxygen atoms in total. The van der Waals surface area contributed by atoms with Gasteiger partial charge in [-0.3, -0.25) is 4.90 Å². The van der Waals surface area contributed by atoms with Gasteiger partial charge in [0.1, 0.15) is 10.6 Å². The number of amides is 1. The summed E-state index contributed by atoms with van der Waals surface area (Å²) >= 11 is 1.41. The Hall–Kier alpha value is -2.95. The first-order chi connectivity index (χ1) is 15.2. The molecule has 1 aromatic carbocycles. The predicted octanol–water partition coefficient (Wildman–Crippen LogP) is 4.75. The number of hydrogen-bond donors (Lipinski definition) is 0. The van der Waals surface area contributed by atoms with Gasteiger partial charge in [0, 0.05) is 24.7 Å². The smallest absolute Gasteiger partial charge is 0.410 e. The van der Waals surface area contributed by atoms with E-state index < -0.39 is 12.2 Å². The molecule has 0 spiro atoms. The van der Waals surface area contributed by atoms with Gasteiger partial charge in [-0.25, -0.2) is 9.78 Å². The lowest BCUT2D eigenvalue weighted by Gasteiger charge is -2.55. The second-order valence-corrected chi connectivity index (χ2v) is 9.73.